The Balaban J connectivity index is 1.43. The van der Waals surface area contributed by atoms with Gasteiger partial charge in [0.25, 0.3) is 0 Å². The zero-order valence-electron chi connectivity index (χ0n) is 13.7. The van der Waals surface area contributed by atoms with E-state index in [1.807, 2.05) is 60.7 Å². The minimum atomic E-state index is -0.787. The van der Waals surface area contributed by atoms with Crippen molar-refractivity contribution in [3.63, 3.8) is 0 Å². The molecule has 2 aromatic rings. The average molecular weight is 328 g/mol. The molecule has 1 N–H and O–H groups in total. The van der Waals surface area contributed by atoms with Gasteiger partial charge in [-0.3, -0.25) is 0 Å². The number of aliphatic hydroxyl groups is 1. The highest BCUT2D eigenvalue weighted by molar-refractivity contribution is 5.14. The second-order valence-corrected chi connectivity index (χ2v) is 6.10. The van der Waals surface area contributed by atoms with Gasteiger partial charge in [0.15, 0.2) is 6.29 Å². The molecule has 0 radical (unpaired) electrons. The molecule has 2 aromatic carbocycles. The molecule has 3 atom stereocenters. The average Bonchev–Trinajstić information content (AvgIpc) is 2.61. The lowest BCUT2D eigenvalue weighted by atomic mass is 10.1. The highest BCUT2D eigenvalue weighted by Gasteiger charge is 2.29. The Labute approximate surface area is 143 Å². The van der Waals surface area contributed by atoms with Crippen LogP contribution in [0, 0.1) is 0 Å². The van der Waals surface area contributed by atoms with E-state index in [1.165, 1.54) is 0 Å². The van der Waals surface area contributed by atoms with E-state index in [2.05, 4.69) is 0 Å². The van der Waals surface area contributed by atoms with Crippen LogP contribution in [0.5, 0.6) is 0 Å². The van der Waals surface area contributed by atoms with Crippen molar-refractivity contribution in [1.29, 1.82) is 0 Å². The van der Waals surface area contributed by atoms with Crippen molar-refractivity contribution in [2.75, 3.05) is 6.61 Å². The molecule has 0 aliphatic carbocycles. The molecule has 0 saturated carbocycles. The molecular formula is C20H24O4. The molecule has 1 heterocycles. The molecule has 0 amide bonds. The Morgan fingerprint density at radius 3 is 2.17 bits per heavy atom. The van der Waals surface area contributed by atoms with Crippen molar-refractivity contribution in [1.82, 2.24) is 0 Å². The minimum Gasteiger partial charge on any atom is -0.374 e. The van der Waals surface area contributed by atoms with Gasteiger partial charge >= 0.3 is 0 Å². The highest BCUT2D eigenvalue weighted by Crippen LogP contribution is 2.22. The number of hydrogen-bond acceptors (Lipinski definition) is 4. The zero-order valence-corrected chi connectivity index (χ0v) is 13.7. The fourth-order valence-corrected chi connectivity index (χ4v) is 2.86. The standard InChI is InChI=1S/C20H24O4/c21-20-12-18(23-14-17-9-5-2-6-10-17)11-19(24-20)15-22-13-16-7-3-1-4-8-16/h1-10,18-21H,11-15H2/t18?,19-,20?/m0/s1. The third kappa shape index (κ3) is 5.42. The zero-order chi connectivity index (χ0) is 16.6. The highest BCUT2D eigenvalue weighted by atomic mass is 16.6. The third-order valence-electron chi connectivity index (χ3n) is 4.08. The molecule has 128 valence electrons. The van der Waals surface area contributed by atoms with E-state index in [0.29, 0.717) is 26.2 Å². The van der Waals surface area contributed by atoms with Crippen LogP contribution in [0.3, 0.4) is 0 Å². The summed E-state index contributed by atoms with van der Waals surface area (Å²) >= 11 is 0. The van der Waals surface area contributed by atoms with Gasteiger partial charge in [0.1, 0.15) is 0 Å². The van der Waals surface area contributed by atoms with Gasteiger partial charge in [-0.1, -0.05) is 60.7 Å². The fraction of sp³-hybridized carbons (Fsp3) is 0.400. The molecule has 1 saturated heterocycles. The van der Waals surface area contributed by atoms with Gasteiger partial charge in [-0.15, -0.1) is 0 Å². The SMILES string of the molecule is OC1CC(OCc2ccccc2)C[C@@H](COCc2ccccc2)O1. The number of aliphatic hydroxyl groups excluding tert-OH is 1. The lowest BCUT2D eigenvalue weighted by molar-refractivity contribution is -0.211. The molecule has 1 aliphatic rings. The number of hydrogen-bond donors (Lipinski definition) is 1. The summed E-state index contributed by atoms with van der Waals surface area (Å²) in [6, 6.07) is 20.1. The minimum absolute atomic E-state index is 0.0146. The van der Waals surface area contributed by atoms with Crippen LogP contribution in [0.15, 0.2) is 60.7 Å². The summed E-state index contributed by atoms with van der Waals surface area (Å²) in [5.74, 6) is 0. The largest absolute Gasteiger partial charge is 0.374 e. The van der Waals surface area contributed by atoms with Crippen LogP contribution in [0.4, 0.5) is 0 Å². The first-order valence-corrected chi connectivity index (χ1v) is 8.40. The normalized spacial score (nSPS) is 24.0. The van der Waals surface area contributed by atoms with Crippen LogP contribution >= 0.6 is 0 Å². The number of ether oxygens (including phenoxy) is 3. The topological polar surface area (TPSA) is 47.9 Å². The maximum absolute atomic E-state index is 9.91. The summed E-state index contributed by atoms with van der Waals surface area (Å²) < 4.78 is 17.2. The Bertz CT molecular complexity index is 587. The first-order chi connectivity index (χ1) is 11.8. The maximum atomic E-state index is 9.91. The lowest BCUT2D eigenvalue weighted by Gasteiger charge is -2.32. The van der Waals surface area contributed by atoms with Crippen molar-refractivity contribution in [2.24, 2.45) is 0 Å². The summed E-state index contributed by atoms with van der Waals surface area (Å²) in [6.45, 7) is 1.55. The second kappa shape index (κ2) is 8.94. The number of benzene rings is 2. The molecule has 0 bridgehead atoms. The van der Waals surface area contributed by atoms with E-state index in [0.717, 1.165) is 17.5 Å². The van der Waals surface area contributed by atoms with Gasteiger partial charge in [-0.05, 0) is 11.1 Å². The fourth-order valence-electron chi connectivity index (χ4n) is 2.86. The Morgan fingerprint density at radius 2 is 1.50 bits per heavy atom. The summed E-state index contributed by atoms with van der Waals surface area (Å²) in [5.41, 5.74) is 2.26. The van der Waals surface area contributed by atoms with Crippen LogP contribution < -0.4 is 0 Å². The molecule has 24 heavy (non-hydrogen) atoms. The van der Waals surface area contributed by atoms with Gasteiger partial charge < -0.3 is 19.3 Å². The first-order valence-electron chi connectivity index (χ1n) is 8.40. The molecule has 1 aliphatic heterocycles. The van der Waals surface area contributed by atoms with E-state index in [1.54, 1.807) is 0 Å². The maximum Gasteiger partial charge on any atom is 0.157 e. The van der Waals surface area contributed by atoms with E-state index in [4.69, 9.17) is 14.2 Å². The number of rotatable bonds is 7. The van der Waals surface area contributed by atoms with Gasteiger partial charge in [0, 0.05) is 12.8 Å². The van der Waals surface area contributed by atoms with Crippen molar-refractivity contribution in [3.8, 4) is 0 Å². The first kappa shape index (κ1) is 17.1. The molecular weight excluding hydrogens is 304 g/mol. The second-order valence-electron chi connectivity index (χ2n) is 6.10. The summed E-state index contributed by atoms with van der Waals surface area (Å²) in [6.07, 6.45) is 0.295. The summed E-state index contributed by atoms with van der Waals surface area (Å²) in [5, 5.41) is 9.91. The predicted molar refractivity (Wildman–Crippen MR) is 91.2 cm³/mol. The monoisotopic (exact) mass is 328 g/mol. The van der Waals surface area contributed by atoms with Crippen LogP contribution in [0.1, 0.15) is 24.0 Å². The van der Waals surface area contributed by atoms with E-state index < -0.39 is 6.29 Å². The van der Waals surface area contributed by atoms with Gasteiger partial charge in [-0.25, -0.2) is 0 Å². The predicted octanol–water partition coefficient (Wildman–Crippen LogP) is 3.29. The molecule has 1 fully saturated rings. The summed E-state index contributed by atoms with van der Waals surface area (Å²) in [7, 11) is 0. The third-order valence-corrected chi connectivity index (χ3v) is 4.08. The molecule has 2 unspecified atom stereocenters. The van der Waals surface area contributed by atoms with Crippen molar-refractivity contribution in [3.05, 3.63) is 71.8 Å². The Hall–Kier alpha value is -1.72. The molecule has 3 rings (SSSR count). The van der Waals surface area contributed by atoms with E-state index in [-0.39, 0.29) is 12.2 Å². The van der Waals surface area contributed by atoms with Crippen LogP contribution in [-0.2, 0) is 27.4 Å². The van der Waals surface area contributed by atoms with Crippen molar-refractivity contribution in [2.45, 2.75) is 44.6 Å². The van der Waals surface area contributed by atoms with Crippen molar-refractivity contribution < 1.29 is 19.3 Å². The van der Waals surface area contributed by atoms with Crippen LogP contribution in [0.25, 0.3) is 0 Å². The molecule has 4 heteroatoms. The lowest BCUT2D eigenvalue weighted by Crippen LogP contribution is -2.39. The van der Waals surface area contributed by atoms with Crippen LogP contribution in [-0.4, -0.2) is 30.2 Å². The molecule has 0 spiro atoms. The molecule has 4 nitrogen and oxygen atoms in total. The van der Waals surface area contributed by atoms with E-state index in [9.17, 15) is 5.11 Å². The van der Waals surface area contributed by atoms with Gasteiger partial charge in [0.05, 0.1) is 32.0 Å². The van der Waals surface area contributed by atoms with Gasteiger partial charge in [0.2, 0.25) is 0 Å². The van der Waals surface area contributed by atoms with Crippen LogP contribution in [0.2, 0.25) is 0 Å². The quantitative estimate of drug-likeness (QED) is 0.847. The van der Waals surface area contributed by atoms with Crippen molar-refractivity contribution >= 4 is 0 Å². The molecule has 0 aromatic heterocycles. The smallest absolute Gasteiger partial charge is 0.157 e. The van der Waals surface area contributed by atoms with E-state index >= 15 is 0 Å². The Kier molecular flexibility index (Phi) is 6.38. The Morgan fingerprint density at radius 1 is 0.875 bits per heavy atom. The summed E-state index contributed by atoms with van der Waals surface area (Å²) in [4.78, 5) is 0. The van der Waals surface area contributed by atoms with Gasteiger partial charge in [-0.2, -0.15) is 0 Å².